The molecule has 0 saturated heterocycles. The van der Waals surface area contributed by atoms with Crippen molar-refractivity contribution in [1.29, 1.82) is 0 Å². The van der Waals surface area contributed by atoms with Crippen LogP contribution in [-0.2, 0) is 5.88 Å². The lowest BCUT2D eigenvalue weighted by atomic mass is 10.0. The number of nitrogens with zero attached hydrogens (tertiary/aromatic N) is 1. The minimum absolute atomic E-state index is 0.117. The lowest BCUT2D eigenvalue weighted by Gasteiger charge is -2.03. The molecule has 0 aliphatic heterocycles. The zero-order chi connectivity index (χ0) is 12.3. The summed E-state index contributed by atoms with van der Waals surface area (Å²) in [5.74, 6) is 0.442. The first-order chi connectivity index (χ1) is 8.22. The van der Waals surface area contributed by atoms with Crippen molar-refractivity contribution < 1.29 is 4.92 Å². The molecular weight excluding hydrogens is 238 g/mol. The SMILES string of the molecule is O=[N+]([O-])c1ccccc1-c1ccc(CCl)cc1. The number of halogens is 1. The van der Waals surface area contributed by atoms with Gasteiger partial charge in [0.2, 0.25) is 0 Å². The van der Waals surface area contributed by atoms with Crippen LogP contribution in [-0.4, -0.2) is 4.92 Å². The van der Waals surface area contributed by atoms with Gasteiger partial charge in [-0.25, -0.2) is 0 Å². The van der Waals surface area contributed by atoms with Crippen LogP contribution in [0.5, 0.6) is 0 Å². The molecule has 2 rings (SSSR count). The standard InChI is InChI=1S/C13H10ClNO2/c14-9-10-5-7-11(8-6-10)12-3-1-2-4-13(12)15(16)17/h1-8H,9H2. The first kappa shape index (κ1) is 11.6. The van der Waals surface area contributed by atoms with E-state index in [0.717, 1.165) is 11.1 Å². The molecule has 0 N–H and O–H groups in total. The third kappa shape index (κ3) is 2.45. The van der Waals surface area contributed by atoms with Crippen LogP contribution in [0.1, 0.15) is 5.56 Å². The summed E-state index contributed by atoms with van der Waals surface area (Å²) in [5, 5.41) is 10.9. The van der Waals surface area contributed by atoms with E-state index in [2.05, 4.69) is 0 Å². The van der Waals surface area contributed by atoms with Gasteiger partial charge in [-0.2, -0.15) is 0 Å². The molecule has 0 heterocycles. The average Bonchev–Trinajstić information content (AvgIpc) is 2.39. The Balaban J connectivity index is 2.48. The van der Waals surface area contributed by atoms with E-state index in [4.69, 9.17) is 11.6 Å². The Morgan fingerprint density at radius 1 is 1.06 bits per heavy atom. The van der Waals surface area contributed by atoms with Gasteiger partial charge < -0.3 is 0 Å². The molecule has 0 atom stereocenters. The van der Waals surface area contributed by atoms with Crippen LogP contribution >= 0.6 is 11.6 Å². The van der Waals surface area contributed by atoms with Crippen LogP contribution < -0.4 is 0 Å². The average molecular weight is 248 g/mol. The maximum atomic E-state index is 10.9. The topological polar surface area (TPSA) is 43.1 Å². The van der Waals surface area contributed by atoms with E-state index in [1.165, 1.54) is 6.07 Å². The van der Waals surface area contributed by atoms with Gasteiger partial charge in [-0.05, 0) is 17.2 Å². The van der Waals surface area contributed by atoms with Crippen molar-refractivity contribution in [2.24, 2.45) is 0 Å². The number of benzene rings is 2. The molecular formula is C13H10ClNO2. The number of nitro groups is 1. The quantitative estimate of drug-likeness (QED) is 0.467. The van der Waals surface area contributed by atoms with E-state index in [9.17, 15) is 10.1 Å². The second-order valence-electron chi connectivity index (χ2n) is 3.60. The highest BCUT2D eigenvalue weighted by molar-refractivity contribution is 6.17. The number of alkyl halides is 1. The van der Waals surface area contributed by atoms with Gasteiger partial charge in [-0.1, -0.05) is 36.4 Å². The van der Waals surface area contributed by atoms with E-state index < -0.39 is 0 Å². The molecule has 3 nitrogen and oxygen atoms in total. The summed E-state index contributed by atoms with van der Waals surface area (Å²) in [5.41, 5.74) is 2.56. The van der Waals surface area contributed by atoms with Crippen molar-refractivity contribution in [2.45, 2.75) is 5.88 Å². The Labute approximate surface area is 104 Å². The van der Waals surface area contributed by atoms with Gasteiger partial charge in [0.05, 0.1) is 10.5 Å². The maximum Gasteiger partial charge on any atom is 0.277 e. The fourth-order valence-corrected chi connectivity index (χ4v) is 1.83. The van der Waals surface area contributed by atoms with Gasteiger partial charge in [-0.3, -0.25) is 10.1 Å². The first-order valence-electron chi connectivity index (χ1n) is 5.11. The second-order valence-corrected chi connectivity index (χ2v) is 3.87. The van der Waals surface area contributed by atoms with Crippen molar-refractivity contribution in [2.75, 3.05) is 0 Å². The highest BCUT2D eigenvalue weighted by Crippen LogP contribution is 2.29. The van der Waals surface area contributed by atoms with Crippen LogP contribution in [0.4, 0.5) is 5.69 Å². The molecule has 0 aliphatic carbocycles. The number of hydrogen-bond donors (Lipinski definition) is 0. The maximum absolute atomic E-state index is 10.9. The fourth-order valence-electron chi connectivity index (χ4n) is 1.65. The van der Waals surface area contributed by atoms with Gasteiger partial charge in [0.15, 0.2) is 0 Å². The molecule has 0 fully saturated rings. The molecule has 0 bridgehead atoms. The van der Waals surface area contributed by atoms with E-state index in [-0.39, 0.29) is 10.6 Å². The zero-order valence-corrected chi connectivity index (χ0v) is 9.72. The molecule has 0 amide bonds. The largest absolute Gasteiger partial charge is 0.277 e. The Hall–Kier alpha value is -1.87. The smallest absolute Gasteiger partial charge is 0.258 e. The summed E-state index contributed by atoms with van der Waals surface area (Å²) in [7, 11) is 0. The summed E-state index contributed by atoms with van der Waals surface area (Å²) in [6, 6.07) is 14.1. The van der Waals surface area contributed by atoms with Gasteiger partial charge in [-0.15, -0.1) is 11.6 Å². The van der Waals surface area contributed by atoms with Crippen LogP contribution in [0, 0.1) is 10.1 Å². The lowest BCUT2D eigenvalue weighted by molar-refractivity contribution is -0.384. The molecule has 86 valence electrons. The Morgan fingerprint density at radius 2 is 1.71 bits per heavy atom. The van der Waals surface area contributed by atoms with Crippen molar-refractivity contribution in [3.63, 3.8) is 0 Å². The summed E-state index contributed by atoms with van der Waals surface area (Å²) < 4.78 is 0. The zero-order valence-electron chi connectivity index (χ0n) is 8.97. The fraction of sp³-hybridized carbons (Fsp3) is 0.0769. The molecule has 0 radical (unpaired) electrons. The van der Waals surface area contributed by atoms with Crippen LogP contribution in [0.25, 0.3) is 11.1 Å². The van der Waals surface area contributed by atoms with E-state index in [0.29, 0.717) is 11.4 Å². The van der Waals surface area contributed by atoms with Gasteiger partial charge >= 0.3 is 0 Å². The summed E-state index contributed by atoms with van der Waals surface area (Å²) in [6.07, 6.45) is 0. The van der Waals surface area contributed by atoms with Crippen LogP contribution in [0.3, 0.4) is 0 Å². The molecule has 0 unspecified atom stereocenters. The summed E-state index contributed by atoms with van der Waals surface area (Å²) in [4.78, 5) is 10.5. The van der Waals surface area contributed by atoms with Crippen LogP contribution in [0.2, 0.25) is 0 Å². The van der Waals surface area contributed by atoms with Crippen molar-refractivity contribution >= 4 is 17.3 Å². The third-order valence-electron chi connectivity index (χ3n) is 2.52. The van der Waals surface area contributed by atoms with E-state index >= 15 is 0 Å². The molecule has 0 spiro atoms. The first-order valence-corrected chi connectivity index (χ1v) is 5.64. The Bertz CT molecular complexity index is 537. The predicted octanol–water partition coefficient (Wildman–Crippen LogP) is 4.00. The number of nitro benzene ring substituents is 1. The van der Waals surface area contributed by atoms with Gasteiger partial charge in [0, 0.05) is 11.9 Å². The van der Waals surface area contributed by atoms with Crippen molar-refractivity contribution in [3.8, 4) is 11.1 Å². The lowest BCUT2D eigenvalue weighted by Crippen LogP contribution is -1.91. The number of rotatable bonds is 3. The van der Waals surface area contributed by atoms with E-state index in [1.807, 2.05) is 24.3 Å². The Kier molecular flexibility index (Phi) is 3.40. The molecule has 2 aromatic rings. The van der Waals surface area contributed by atoms with E-state index in [1.54, 1.807) is 18.2 Å². The monoisotopic (exact) mass is 247 g/mol. The minimum atomic E-state index is -0.370. The van der Waals surface area contributed by atoms with Crippen LogP contribution in [0.15, 0.2) is 48.5 Å². The third-order valence-corrected chi connectivity index (χ3v) is 2.83. The minimum Gasteiger partial charge on any atom is -0.258 e. The van der Waals surface area contributed by atoms with Crippen molar-refractivity contribution in [1.82, 2.24) is 0 Å². The normalized spacial score (nSPS) is 10.2. The predicted molar refractivity (Wildman–Crippen MR) is 68.1 cm³/mol. The van der Waals surface area contributed by atoms with Gasteiger partial charge in [0.1, 0.15) is 0 Å². The molecule has 0 aromatic heterocycles. The molecule has 4 heteroatoms. The number of hydrogen-bond acceptors (Lipinski definition) is 2. The Morgan fingerprint density at radius 3 is 2.29 bits per heavy atom. The molecule has 0 aliphatic rings. The number of para-hydroxylation sites is 1. The highest BCUT2D eigenvalue weighted by atomic mass is 35.5. The molecule has 17 heavy (non-hydrogen) atoms. The highest BCUT2D eigenvalue weighted by Gasteiger charge is 2.13. The second kappa shape index (κ2) is 4.97. The molecule has 2 aromatic carbocycles. The van der Waals surface area contributed by atoms with Gasteiger partial charge in [0.25, 0.3) is 5.69 Å². The summed E-state index contributed by atoms with van der Waals surface area (Å²) >= 11 is 5.70. The van der Waals surface area contributed by atoms with Crippen molar-refractivity contribution in [3.05, 3.63) is 64.2 Å². The molecule has 0 saturated carbocycles. The summed E-state index contributed by atoms with van der Waals surface area (Å²) in [6.45, 7) is 0.